The molecule has 1 unspecified atom stereocenters. The summed E-state index contributed by atoms with van der Waals surface area (Å²) in [6.45, 7) is 3.02. The highest BCUT2D eigenvalue weighted by molar-refractivity contribution is 5.86. The molecule has 1 heterocycles. The van der Waals surface area contributed by atoms with Crippen LogP contribution in [0.4, 0.5) is 0 Å². The minimum Gasteiger partial charge on any atom is -0.352 e. The van der Waals surface area contributed by atoms with Gasteiger partial charge in [0.05, 0.1) is 5.54 Å². The summed E-state index contributed by atoms with van der Waals surface area (Å²) in [5.41, 5.74) is -0.305. The number of carbonyl (C=O) groups excluding carboxylic acids is 1. The molecule has 2 aliphatic rings. The quantitative estimate of drug-likeness (QED) is 0.726. The van der Waals surface area contributed by atoms with Gasteiger partial charge in [-0.1, -0.05) is 12.8 Å². The van der Waals surface area contributed by atoms with Crippen LogP contribution < -0.4 is 10.6 Å². The second-order valence-electron chi connectivity index (χ2n) is 5.17. The van der Waals surface area contributed by atoms with Crippen molar-refractivity contribution >= 4 is 5.91 Å². The summed E-state index contributed by atoms with van der Waals surface area (Å²) in [4.78, 5) is 12.1. The van der Waals surface area contributed by atoms with E-state index in [-0.39, 0.29) is 11.4 Å². The molecule has 0 aromatic rings. The number of rotatable bonds is 2. The highest BCUT2D eigenvalue weighted by atomic mass is 16.2. The highest BCUT2D eigenvalue weighted by Crippen LogP contribution is 2.22. The Morgan fingerprint density at radius 1 is 1.27 bits per heavy atom. The molecule has 1 aliphatic carbocycles. The maximum atomic E-state index is 12.1. The monoisotopic (exact) mass is 210 g/mol. The van der Waals surface area contributed by atoms with E-state index in [1.807, 2.05) is 6.92 Å². The first-order chi connectivity index (χ1) is 7.21. The van der Waals surface area contributed by atoms with Crippen molar-refractivity contribution in [2.75, 3.05) is 6.54 Å². The van der Waals surface area contributed by atoms with Gasteiger partial charge in [0.2, 0.25) is 5.91 Å². The topological polar surface area (TPSA) is 41.1 Å². The summed E-state index contributed by atoms with van der Waals surface area (Å²) < 4.78 is 0. The second-order valence-corrected chi connectivity index (χ2v) is 5.17. The van der Waals surface area contributed by atoms with E-state index < -0.39 is 0 Å². The summed E-state index contributed by atoms with van der Waals surface area (Å²) in [7, 11) is 0. The van der Waals surface area contributed by atoms with Gasteiger partial charge in [0.1, 0.15) is 0 Å². The van der Waals surface area contributed by atoms with Gasteiger partial charge in [-0.3, -0.25) is 4.79 Å². The van der Waals surface area contributed by atoms with Crippen LogP contribution in [-0.2, 0) is 4.79 Å². The average Bonchev–Trinajstić information content (AvgIpc) is 2.71. The zero-order valence-corrected chi connectivity index (χ0v) is 9.64. The highest BCUT2D eigenvalue weighted by Gasteiger charge is 2.35. The lowest BCUT2D eigenvalue weighted by Gasteiger charge is -2.34. The van der Waals surface area contributed by atoms with Crippen LogP contribution in [0.1, 0.15) is 51.9 Å². The number of hydrogen-bond donors (Lipinski definition) is 2. The summed E-state index contributed by atoms with van der Waals surface area (Å²) in [5.74, 6) is 0.217. The summed E-state index contributed by atoms with van der Waals surface area (Å²) in [5, 5.41) is 6.54. The van der Waals surface area contributed by atoms with Gasteiger partial charge in [0, 0.05) is 6.04 Å². The van der Waals surface area contributed by atoms with Crippen LogP contribution in [0.2, 0.25) is 0 Å². The molecule has 1 amide bonds. The average molecular weight is 210 g/mol. The van der Waals surface area contributed by atoms with Crippen molar-refractivity contribution in [3.8, 4) is 0 Å². The molecule has 0 radical (unpaired) electrons. The standard InChI is InChI=1S/C12H22N2O/c1-12(8-4-5-9-13-12)11(15)14-10-6-2-3-7-10/h10,13H,2-9H2,1H3,(H,14,15). The van der Waals surface area contributed by atoms with Crippen molar-refractivity contribution in [3.05, 3.63) is 0 Å². The molecule has 15 heavy (non-hydrogen) atoms. The number of carbonyl (C=O) groups is 1. The van der Waals surface area contributed by atoms with Crippen LogP contribution in [0.15, 0.2) is 0 Å². The number of piperidine rings is 1. The van der Waals surface area contributed by atoms with Crippen molar-refractivity contribution in [2.24, 2.45) is 0 Å². The van der Waals surface area contributed by atoms with E-state index in [0.717, 1.165) is 13.0 Å². The van der Waals surface area contributed by atoms with Crippen LogP contribution >= 0.6 is 0 Å². The molecule has 1 atom stereocenters. The smallest absolute Gasteiger partial charge is 0.240 e. The molecule has 1 saturated heterocycles. The third-order valence-corrected chi connectivity index (χ3v) is 3.81. The van der Waals surface area contributed by atoms with E-state index in [2.05, 4.69) is 10.6 Å². The number of nitrogens with one attached hydrogen (secondary N) is 2. The van der Waals surface area contributed by atoms with E-state index in [9.17, 15) is 4.79 Å². The predicted molar refractivity (Wildman–Crippen MR) is 60.7 cm³/mol. The van der Waals surface area contributed by atoms with Crippen molar-refractivity contribution in [1.82, 2.24) is 10.6 Å². The molecule has 86 valence electrons. The Bertz CT molecular complexity index is 228. The lowest BCUT2D eigenvalue weighted by Crippen LogP contribution is -2.58. The first kappa shape index (κ1) is 10.9. The van der Waals surface area contributed by atoms with Gasteiger partial charge in [-0.15, -0.1) is 0 Å². The fourth-order valence-electron chi connectivity index (χ4n) is 2.66. The minimum atomic E-state index is -0.305. The molecule has 3 heteroatoms. The normalized spacial score (nSPS) is 32.9. The molecular weight excluding hydrogens is 188 g/mol. The Morgan fingerprint density at radius 2 is 2.00 bits per heavy atom. The molecule has 2 rings (SSSR count). The van der Waals surface area contributed by atoms with Gasteiger partial charge in [0.15, 0.2) is 0 Å². The third-order valence-electron chi connectivity index (χ3n) is 3.81. The number of hydrogen-bond acceptors (Lipinski definition) is 2. The van der Waals surface area contributed by atoms with Gasteiger partial charge in [-0.25, -0.2) is 0 Å². The van der Waals surface area contributed by atoms with Crippen LogP contribution in [-0.4, -0.2) is 24.0 Å². The summed E-state index contributed by atoms with van der Waals surface area (Å²) in [6, 6.07) is 0.443. The van der Waals surface area contributed by atoms with Crippen molar-refractivity contribution in [3.63, 3.8) is 0 Å². The Hall–Kier alpha value is -0.570. The van der Waals surface area contributed by atoms with E-state index in [0.29, 0.717) is 6.04 Å². The molecule has 2 fully saturated rings. The summed E-state index contributed by atoms with van der Waals surface area (Å²) >= 11 is 0. The maximum Gasteiger partial charge on any atom is 0.240 e. The minimum absolute atomic E-state index is 0.217. The molecule has 0 aromatic heterocycles. The largest absolute Gasteiger partial charge is 0.352 e. The van der Waals surface area contributed by atoms with Crippen molar-refractivity contribution in [2.45, 2.75) is 63.5 Å². The Kier molecular flexibility index (Phi) is 3.29. The fourth-order valence-corrected chi connectivity index (χ4v) is 2.66. The maximum absolute atomic E-state index is 12.1. The van der Waals surface area contributed by atoms with Gasteiger partial charge in [-0.05, 0) is 45.6 Å². The molecule has 3 nitrogen and oxygen atoms in total. The third kappa shape index (κ3) is 2.51. The molecule has 2 N–H and O–H groups in total. The van der Waals surface area contributed by atoms with Crippen LogP contribution in [0.3, 0.4) is 0 Å². The molecule has 0 bridgehead atoms. The molecule has 0 aromatic carbocycles. The molecule has 1 saturated carbocycles. The lowest BCUT2D eigenvalue weighted by atomic mass is 9.90. The predicted octanol–water partition coefficient (Wildman–Crippen LogP) is 1.58. The van der Waals surface area contributed by atoms with Crippen LogP contribution in [0.25, 0.3) is 0 Å². The van der Waals surface area contributed by atoms with Gasteiger partial charge < -0.3 is 10.6 Å². The second kappa shape index (κ2) is 4.52. The van der Waals surface area contributed by atoms with E-state index in [1.54, 1.807) is 0 Å². The lowest BCUT2D eigenvalue weighted by molar-refractivity contribution is -0.128. The summed E-state index contributed by atoms with van der Waals surface area (Å²) in [6.07, 6.45) is 8.23. The SMILES string of the molecule is CC1(C(=O)NC2CCCC2)CCCCN1. The molecular formula is C12H22N2O. The van der Waals surface area contributed by atoms with E-state index in [1.165, 1.54) is 38.5 Å². The van der Waals surface area contributed by atoms with Crippen LogP contribution in [0, 0.1) is 0 Å². The van der Waals surface area contributed by atoms with Crippen molar-refractivity contribution in [1.29, 1.82) is 0 Å². The van der Waals surface area contributed by atoms with Gasteiger partial charge >= 0.3 is 0 Å². The molecule has 0 spiro atoms. The first-order valence-corrected chi connectivity index (χ1v) is 6.27. The van der Waals surface area contributed by atoms with Crippen LogP contribution in [0.5, 0.6) is 0 Å². The Morgan fingerprint density at radius 3 is 2.60 bits per heavy atom. The number of amides is 1. The van der Waals surface area contributed by atoms with Crippen molar-refractivity contribution < 1.29 is 4.79 Å². The van der Waals surface area contributed by atoms with Gasteiger partial charge in [-0.2, -0.15) is 0 Å². The zero-order valence-electron chi connectivity index (χ0n) is 9.64. The fraction of sp³-hybridized carbons (Fsp3) is 0.917. The van der Waals surface area contributed by atoms with E-state index >= 15 is 0 Å². The Labute approximate surface area is 92.0 Å². The molecule has 1 aliphatic heterocycles. The Balaban J connectivity index is 1.87. The van der Waals surface area contributed by atoms with Gasteiger partial charge in [0.25, 0.3) is 0 Å². The van der Waals surface area contributed by atoms with E-state index in [4.69, 9.17) is 0 Å². The first-order valence-electron chi connectivity index (χ1n) is 6.27. The zero-order chi connectivity index (χ0) is 10.7.